The van der Waals surface area contributed by atoms with Crippen molar-refractivity contribution in [1.29, 1.82) is 0 Å². The second-order valence-electron chi connectivity index (χ2n) is 7.81. The van der Waals surface area contributed by atoms with Gasteiger partial charge in [-0.25, -0.2) is 0 Å². The molecular formula is C22H37N5O2. The Morgan fingerprint density at radius 2 is 1.93 bits per heavy atom. The maximum atomic E-state index is 6.17. The summed E-state index contributed by atoms with van der Waals surface area (Å²) in [5.41, 5.74) is 7.37. The van der Waals surface area contributed by atoms with E-state index in [0.29, 0.717) is 12.5 Å². The number of rotatable bonds is 9. The predicted molar refractivity (Wildman–Crippen MR) is 118 cm³/mol. The first kappa shape index (κ1) is 21.9. The van der Waals surface area contributed by atoms with Crippen LogP contribution in [0.1, 0.15) is 37.3 Å². The van der Waals surface area contributed by atoms with Gasteiger partial charge in [-0.1, -0.05) is 24.6 Å². The fourth-order valence-corrected chi connectivity index (χ4v) is 4.17. The summed E-state index contributed by atoms with van der Waals surface area (Å²) in [6.07, 6.45) is 4.85. The molecule has 0 amide bonds. The van der Waals surface area contributed by atoms with Gasteiger partial charge in [0.15, 0.2) is 5.96 Å². The first-order valence-electron chi connectivity index (χ1n) is 11.0. The smallest absolute Gasteiger partial charge is 0.188 e. The summed E-state index contributed by atoms with van der Waals surface area (Å²) in [6.45, 7) is 8.51. The topological polar surface area (TPSA) is 75.3 Å². The van der Waals surface area contributed by atoms with Crippen molar-refractivity contribution in [3.63, 3.8) is 0 Å². The van der Waals surface area contributed by atoms with E-state index in [9.17, 15) is 0 Å². The molecule has 1 unspecified atom stereocenters. The van der Waals surface area contributed by atoms with Gasteiger partial charge in [0.05, 0.1) is 32.9 Å². The molecule has 2 heterocycles. The molecule has 0 aliphatic carbocycles. The second kappa shape index (κ2) is 12.0. The third kappa shape index (κ3) is 6.87. The van der Waals surface area contributed by atoms with E-state index in [4.69, 9.17) is 15.2 Å². The number of methoxy groups -OCH3 is 1. The number of aliphatic imine (C=N–C) groups is 1. The Morgan fingerprint density at radius 3 is 2.69 bits per heavy atom. The molecule has 0 saturated carbocycles. The molecule has 2 aliphatic heterocycles. The average Bonchev–Trinajstić information content (AvgIpc) is 2.78. The molecule has 7 nitrogen and oxygen atoms in total. The molecule has 29 heavy (non-hydrogen) atoms. The zero-order chi connectivity index (χ0) is 20.3. The molecule has 0 bridgehead atoms. The number of hydrogen-bond acceptors (Lipinski definition) is 5. The summed E-state index contributed by atoms with van der Waals surface area (Å²) in [5.74, 6) is 1.46. The molecule has 2 fully saturated rings. The van der Waals surface area contributed by atoms with Gasteiger partial charge in [0, 0.05) is 25.2 Å². The van der Waals surface area contributed by atoms with E-state index < -0.39 is 0 Å². The molecule has 162 valence electrons. The minimum Gasteiger partial charge on any atom is -0.496 e. The van der Waals surface area contributed by atoms with Crippen LogP contribution >= 0.6 is 0 Å². The van der Waals surface area contributed by atoms with Gasteiger partial charge >= 0.3 is 0 Å². The number of likely N-dealkylation sites (tertiary alicyclic amines) is 1. The average molecular weight is 404 g/mol. The number of nitrogens with zero attached hydrogens (tertiary/aromatic N) is 3. The van der Waals surface area contributed by atoms with Crippen molar-refractivity contribution in [3.05, 3.63) is 29.8 Å². The highest BCUT2D eigenvalue weighted by Gasteiger charge is 2.24. The van der Waals surface area contributed by atoms with Crippen molar-refractivity contribution in [2.45, 2.75) is 31.7 Å². The number of morpholine rings is 1. The first-order valence-corrected chi connectivity index (χ1v) is 11.0. The Morgan fingerprint density at radius 1 is 1.17 bits per heavy atom. The minimum absolute atomic E-state index is 0.195. The van der Waals surface area contributed by atoms with E-state index in [0.717, 1.165) is 64.7 Å². The maximum absolute atomic E-state index is 6.17. The molecule has 2 saturated heterocycles. The third-order valence-electron chi connectivity index (χ3n) is 5.82. The van der Waals surface area contributed by atoms with Crippen molar-refractivity contribution < 1.29 is 9.47 Å². The van der Waals surface area contributed by atoms with E-state index in [1.54, 1.807) is 7.11 Å². The van der Waals surface area contributed by atoms with Gasteiger partial charge in [0.1, 0.15) is 5.75 Å². The first-order chi connectivity index (χ1) is 14.3. The number of para-hydroxylation sites is 1. The van der Waals surface area contributed by atoms with Crippen molar-refractivity contribution in [2.75, 3.05) is 66.1 Å². The van der Waals surface area contributed by atoms with Crippen LogP contribution in [-0.4, -0.2) is 81.9 Å². The minimum atomic E-state index is 0.195. The van der Waals surface area contributed by atoms with Gasteiger partial charge in [-0.15, -0.1) is 0 Å². The van der Waals surface area contributed by atoms with E-state index in [-0.39, 0.29) is 6.04 Å². The van der Waals surface area contributed by atoms with E-state index in [1.807, 2.05) is 12.1 Å². The number of benzene rings is 1. The summed E-state index contributed by atoms with van der Waals surface area (Å²) >= 11 is 0. The van der Waals surface area contributed by atoms with Crippen LogP contribution in [0.15, 0.2) is 29.3 Å². The lowest BCUT2D eigenvalue weighted by Crippen LogP contribution is -2.39. The Kier molecular flexibility index (Phi) is 9.05. The lowest BCUT2D eigenvalue weighted by molar-refractivity contribution is 0.0376. The van der Waals surface area contributed by atoms with Crippen molar-refractivity contribution in [1.82, 2.24) is 15.1 Å². The van der Waals surface area contributed by atoms with Gasteiger partial charge in [0.2, 0.25) is 0 Å². The number of nitrogens with two attached hydrogens (primary N) is 1. The lowest BCUT2D eigenvalue weighted by Gasteiger charge is -2.34. The molecule has 2 aliphatic rings. The number of ether oxygens (including phenoxy) is 2. The van der Waals surface area contributed by atoms with Crippen LogP contribution in [0.5, 0.6) is 5.75 Å². The zero-order valence-electron chi connectivity index (χ0n) is 17.8. The molecule has 1 aromatic carbocycles. The Bertz CT molecular complexity index is 627. The predicted octanol–water partition coefficient (Wildman–Crippen LogP) is 1.85. The van der Waals surface area contributed by atoms with E-state index in [1.165, 1.54) is 24.8 Å². The second-order valence-corrected chi connectivity index (χ2v) is 7.81. The van der Waals surface area contributed by atoms with E-state index >= 15 is 0 Å². The molecule has 0 spiro atoms. The SMILES string of the molecule is COc1ccccc1C(CN=C(N)NCCCN1CCOCC1)N1CCCCC1. The van der Waals surface area contributed by atoms with E-state index in [2.05, 4.69) is 32.2 Å². The van der Waals surface area contributed by atoms with Crippen molar-refractivity contribution in [2.24, 2.45) is 10.7 Å². The number of hydrogen-bond donors (Lipinski definition) is 2. The Hall–Kier alpha value is -1.83. The zero-order valence-corrected chi connectivity index (χ0v) is 17.8. The lowest BCUT2D eigenvalue weighted by atomic mass is 10.0. The number of piperidine rings is 1. The number of nitrogens with one attached hydrogen (secondary N) is 1. The van der Waals surface area contributed by atoms with Gasteiger partial charge in [-0.05, 0) is 45.0 Å². The maximum Gasteiger partial charge on any atom is 0.188 e. The van der Waals surface area contributed by atoms with Gasteiger partial charge in [-0.2, -0.15) is 0 Å². The van der Waals surface area contributed by atoms with Crippen LogP contribution in [0.3, 0.4) is 0 Å². The molecule has 0 radical (unpaired) electrons. The normalized spacial score (nSPS) is 20.4. The molecule has 7 heteroatoms. The summed E-state index contributed by atoms with van der Waals surface area (Å²) < 4.78 is 11.0. The van der Waals surface area contributed by atoms with Crippen molar-refractivity contribution in [3.8, 4) is 5.75 Å². The molecular weight excluding hydrogens is 366 g/mol. The fraction of sp³-hybridized carbons (Fsp3) is 0.682. The van der Waals surface area contributed by atoms with Crippen LogP contribution in [0.4, 0.5) is 0 Å². The fourth-order valence-electron chi connectivity index (χ4n) is 4.17. The van der Waals surface area contributed by atoms with Crippen LogP contribution in [0.25, 0.3) is 0 Å². The Balaban J connectivity index is 1.53. The molecule has 3 rings (SSSR count). The number of guanidine groups is 1. The summed E-state index contributed by atoms with van der Waals surface area (Å²) in [5, 5.41) is 3.28. The molecule has 1 atom stereocenters. The van der Waals surface area contributed by atoms with Gasteiger partial charge in [0.25, 0.3) is 0 Å². The largest absolute Gasteiger partial charge is 0.496 e. The quantitative estimate of drug-likeness (QED) is 0.372. The molecule has 3 N–H and O–H groups in total. The molecule has 0 aromatic heterocycles. The highest BCUT2D eigenvalue weighted by Crippen LogP contribution is 2.31. The molecule has 1 aromatic rings. The van der Waals surface area contributed by atoms with Gasteiger partial charge < -0.3 is 20.5 Å². The van der Waals surface area contributed by atoms with Crippen LogP contribution < -0.4 is 15.8 Å². The monoisotopic (exact) mass is 403 g/mol. The van der Waals surface area contributed by atoms with Crippen molar-refractivity contribution >= 4 is 5.96 Å². The van der Waals surface area contributed by atoms with Crippen LogP contribution in [0, 0.1) is 0 Å². The summed E-state index contributed by atoms with van der Waals surface area (Å²) in [4.78, 5) is 9.65. The van der Waals surface area contributed by atoms with Crippen LogP contribution in [-0.2, 0) is 4.74 Å². The standard InChI is InChI=1S/C22H37N5O2/c1-28-21-9-4-3-8-19(21)20(27-12-5-2-6-13-27)18-25-22(23)24-10-7-11-26-14-16-29-17-15-26/h3-4,8-9,20H,2,5-7,10-18H2,1H3,(H3,23,24,25). The summed E-state index contributed by atoms with van der Waals surface area (Å²) in [7, 11) is 1.74. The highest BCUT2D eigenvalue weighted by molar-refractivity contribution is 5.77. The highest BCUT2D eigenvalue weighted by atomic mass is 16.5. The summed E-state index contributed by atoms with van der Waals surface area (Å²) in [6, 6.07) is 8.47. The third-order valence-corrected chi connectivity index (χ3v) is 5.82. The van der Waals surface area contributed by atoms with Gasteiger partial charge in [-0.3, -0.25) is 14.8 Å². The van der Waals surface area contributed by atoms with Crippen LogP contribution in [0.2, 0.25) is 0 Å². The Labute approximate surface area is 175 Å².